The lowest BCUT2D eigenvalue weighted by atomic mass is 10.2. The van der Waals surface area contributed by atoms with E-state index >= 15 is 0 Å². The fraction of sp³-hybridized carbons (Fsp3) is 0.588. The first-order valence-electron chi connectivity index (χ1n) is 7.92. The zero-order valence-corrected chi connectivity index (χ0v) is 13.8. The Labute approximate surface area is 132 Å². The van der Waals surface area contributed by atoms with E-state index in [2.05, 4.69) is 59.4 Å². The van der Waals surface area contributed by atoms with Crippen molar-refractivity contribution in [2.75, 3.05) is 18.8 Å². The molecule has 1 saturated heterocycles. The number of hydrogen-bond donors (Lipinski definition) is 1. The number of aliphatic imine (C=N–C) groups is 1. The van der Waals surface area contributed by atoms with Gasteiger partial charge in [-0.2, -0.15) is 0 Å². The average Bonchev–Trinajstić information content (AvgIpc) is 2.82. The Hall–Kier alpha value is -1.00. The summed E-state index contributed by atoms with van der Waals surface area (Å²) in [5.41, 5.74) is 1.41. The van der Waals surface area contributed by atoms with Crippen LogP contribution in [0.4, 0.5) is 0 Å². The molecule has 0 aromatic heterocycles. The van der Waals surface area contributed by atoms with Crippen LogP contribution in [0.15, 0.2) is 35.3 Å². The summed E-state index contributed by atoms with van der Waals surface area (Å²) in [7, 11) is 0. The highest BCUT2D eigenvalue weighted by molar-refractivity contribution is 8.13. The smallest absolute Gasteiger partial charge is 0.156 e. The Morgan fingerprint density at radius 1 is 1.29 bits per heavy atom. The molecule has 1 fully saturated rings. The van der Waals surface area contributed by atoms with Gasteiger partial charge in [-0.15, -0.1) is 0 Å². The van der Waals surface area contributed by atoms with Crippen molar-refractivity contribution in [3.8, 4) is 0 Å². The number of nitrogens with zero attached hydrogens (tertiary/aromatic N) is 2. The number of likely N-dealkylation sites (tertiary alicyclic amines) is 1. The monoisotopic (exact) mass is 303 g/mol. The van der Waals surface area contributed by atoms with Crippen molar-refractivity contribution in [1.82, 2.24) is 10.2 Å². The Kier molecular flexibility index (Phi) is 4.86. The molecule has 2 aliphatic rings. The summed E-state index contributed by atoms with van der Waals surface area (Å²) in [5, 5.41) is 4.81. The summed E-state index contributed by atoms with van der Waals surface area (Å²) in [6.45, 7) is 7.75. The fourth-order valence-corrected chi connectivity index (χ4v) is 4.03. The number of rotatable bonds is 3. The van der Waals surface area contributed by atoms with E-state index in [1.807, 2.05) is 11.8 Å². The molecule has 4 heteroatoms. The lowest BCUT2D eigenvalue weighted by molar-refractivity contribution is 0.258. The second kappa shape index (κ2) is 6.84. The van der Waals surface area contributed by atoms with Crippen molar-refractivity contribution in [1.29, 1.82) is 0 Å². The number of thioether (sulfide) groups is 1. The van der Waals surface area contributed by atoms with Gasteiger partial charge in [0.05, 0.1) is 0 Å². The maximum atomic E-state index is 4.66. The standard InChI is InChI=1S/C17H25N3S/c1-13-9-18-17(21-12-13)19-16-8-14(2)20(11-16)10-15-6-4-3-5-7-15/h3-7,13-14,16H,8-12H2,1-2H3,(H,18,19). The number of amidine groups is 1. The van der Waals surface area contributed by atoms with Crippen LogP contribution in [0.2, 0.25) is 0 Å². The van der Waals surface area contributed by atoms with Crippen LogP contribution in [0, 0.1) is 5.92 Å². The fourth-order valence-electron chi connectivity index (χ4n) is 3.06. The molecular weight excluding hydrogens is 278 g/mol. The van der Waals surface area contributed by atoms with Gasteiger partial charge in [-0.05, 0) is 24.8 Å². The summed E-state index contributed by atoms with van der Waals surface area (Å²) in [6, 6.07) is 12.0. The highest BCUT2D eigenvalue weighted by atomic mass is 32.2. The minimum absolute atomic E-state index is 0.545. The van der Waals surface area contributed by atoms with E-state index in [1.54, 1.807) is 0 Å². The Balaban J connectivity index is 1.54. The molecule has 0 spiro atoms. The third-order valence-electron chi connectivity index (χ3n) is 4.31. The first kappa shape index (κ1) is 14.9. The molecule has 3 atom stereocenters. The van der Waals surface area contributed by atoms with Gasteiger partial charge in [0.1, 0.15) is 0 Å². The molecular formula is C17H25N3S. The topological polar surface area (TPSA) is 27.6 Å². The maximum absolute atomic E-state index is 4.66. The van der Waals surface area contributed by atoms with Gasteiger partial charge in [0.25, 0.3) is 0 Å². The summed E-state index contributed by atoms with van der Waals surface area (Å²) >= 11 is 1.88. The van der Waals surface area contributed by atoms with Crippen molar-refractivity contribution >= 4 is 16.9 Å². The molecule has 0 radical (unpaired) electrons. The van der Waals surface area contributed by atoms with Crippen molar-refractivity contribution in [2.24, 2.45) is 10.9 Å². The zero-order valence-electron chi connectivity index (χ0n) is 13.0. The molecule has 1 N–H and O–H groups in total. The van der Waals surface area contributed by atoms with Crippen LogP contribution in [-0.4, -0.2) is 41.0 Å². The third-order valence-corrected chi connectivity index (χ3v) is 5.57. The molecule has 3 rings (SSSR count). The van der Waals surface area contributed by atoms with Gasteiger partial charge < -0.3 is 5.32 Å². The van der Waals surface area contributed by atoms with Gasteiger partial charge in [-0.25, -0.2) is 0 Å². The molecule has 2 aliphatic heterocycles. The molecule has 0 amide bonds. The van der Waals surface area contributed by atoms with Gasteiger partial charge in [0.15, 0.2) is 5.17 Å². The number of hydrogen-bond acceptors (Lipinski definition) is 4. The van der Waals surface area contributed by atoms with Crippen LogP contribution in [0.3, 0.4) is 0 Å². The summed E-state index contributed by atoms with van der Waals surface area (Å²) in [6.07, 6.45) is 1.21. The van der Waals surface area contributed by atoms with Crippen LogP contribution >= 0.6 is 11.8 Å². The van der Waals surface area contributed by atoms with Crippen molar-refractivity contribution < 1.29 is 0 Å². The van der Waals surface area contributed by atoms with Gasteiger partial charge in [0.2, 0.25) is 0 Å². The van der Waals surface area contributed by atoms with Crippen LogP contribution in [-0.2, 0) is 6.54 Å². The maximum Gasteiger partial charge on any atom is 0.156 e. The van der Waals surface area contributed by atoms with E-state index in [1.165, 1.54) is 17.7 Å². The lowest BCUT2D eigenvalue weighted by Crippen LogP contribution is -2.37. The van der Waals surface area contributed by atoms with Crippen LogP contribution in [0.1, 0.15) is 25.8 Å². The lowest BCUT2D eigenvalue weighted by Gasteiger charge is -2.22. The zero-order chi connectivity index (χ0) is 14.7. The number of nitrogens with one attached hydrogen (secondary N) is 1. The minimum atomic E-state index is 0.545. The van der Waals surface area contributed by atoms with E-state index in [0.717, 1.165) is 30.7 Å². The van der Waals surface area contributed by atoms with Crippen molar-refractivity contribution in [3.63, 3.8) is 0 Å². The molecule has 0 saturated carbocycles. The molecule has 0 bridgehead atoms. The summed E-state index contributed by atoms with van der Waals surface area (Å²) in [5.74, 6) is 1.92. The average molecular weight is 303 g/mol. The molecule has 1 aromatic rings. The SMILES string of the molecule is CC1CN=C(NC2CC(C)N(Cc3ccccc3)C2)SC1. The molecule has 1 aromatic carbocycles. The first-order valence-corrected chi connectivity index (χ1v) is 8.91. The van der Waals surface area contributed by atoms with Crippen molar-refractivity contribution in [2.45, 2.75) is 38.9 Å². The second-order valence-corrected chi connectivity index (χ2v) is 7.41. The highest BCUT2D eigenvalue weighted by Gasteiger charge is 2.29. The molecule has 3 nitrogen and oxygen atoms in total. The summed E-state index contributed by atoms with van der Waals surface area (Å²) < 4.78 is 0. The van der Waals surface area contributed by atoms with Gasteiger partial charge in [-0.1, -0.05) is 49.0 Å². The molecule has 114 valence electrons. The van der Waals surface area contributed by atoms with Gasteiger partial charge >= 0.3 is 0 Å². The first-order chi connectivity index (χ1) is 10.2. The molecule has 21 heavy (non-hydrogen) atoms. The Morgan fingerprint density at radius 2 is 2.10 bits per heavy atom. The van der Waals surface area contributed by atoms with Crippen LogP contribution < -0.4 is 5.32 Å². The van der Waals surface area contributed by atoms with E-state index in [0.29, 0.717) is 12.1 Å². The third kappa shape index (κ3) is 4.01. The van der Waals surface area contributed by atoms with E-state index < -0.39 is 0 Å². The van der Waals surface area contributed by atoms with E-state index in [-0.39, 0.29) is 0 Å². The van der Waals surface area contributed by atoms with Crippen LogP contribution in [0.5, 0.6) is 0 Å². The predicted molar refractivity (Wildman–Crippen MR) is 91.8 cm³/mol. The highest BCUT2D eigenvalue weighted by Crippen LogP contribution is 2.22. The molecule has 0 aliphatic carbocycles. The Morgan fingerprint density at radius 3 is 2.81 bits per heavy atom. The quantitative estimate of drug-likeness (QED) is 0.930. The predicted octanol–water partition coefficient (Wildman–Crippen LogP) is 2.98. The number of benzene rings is 1. The molecule has 2 heterocycles. The summed E-state index contributed by atoms with van der Waals surface area (Å²) in [4.78, 5) is 7.23. The Bertz CT molecular complexity index is 488. The molecule has 3 unspecified atom stereocenters. The van der Waals surface area contributed by atoms with E-state index in [4.69, 9.17) is 0 Å². The van der Waals surface area contributed by atoms with Gasteiger partial charge in [-0.3, -0.25) is 9.89 Å². The second-order valence-electron chi connectivity index (χ2n) is 6.40. The van der Waals surface area contributed by atoms with Crippen molar-refractivity contribution in [3.05, 3.63) is 35.9 Å². The largest absolute Gasteiger partial charge is 0.361 e. The van der Waals surface area contributed by atoms with E-state index in [9.17, 15) is 0 Å². The normalized spacial score (nSPS) is 30.2. The van der Waals surface area contributed by atoms with Gasteiger partial charge in [0, 0.05) is 37.5 Å². The van der Waals surface area contributed by atoms with Crippen LogP contribution in [0.25, 0.3) is 0 Å². The minimum Gasteiger partial charge on any atom is -0.361 e.